The normalized spacial score (nSPS) is 24.7. The fourth-order valence-corrected chi connectivity index (χ4v) is 4.19. The third-order valence-corrected chi connectivity index (χ3v) is 5.86. The van der Waals surface area contributed by atoms with Gasteiger partial charge in [0.05, 0.1) is 12.9 Å². The van der Waals surface area contributed by atoms with E-state index in [-0.39, 0.29) is 0 Å². The Labute approximate surface area is 167 Å². The first-order chi connectivity index (χ1) is 14.2. The van der Waals surface area contributed by atoms with Gasteiger partial charge in [0, 0.05) is 5.75 Å². The number of aromatic nitrogens is 6. The van der Waals surface area contributed by atoms with Crippen LogP contribution in [-0.4, -0.2) is 70.1 Å². The second kappa shape index (κ2) is 7.31. The second-order valence-electron chi connectivity index (χ2n) is 6.61. The Morgan fingerprint density at radius 3 is 2.76 bits per heavy atom. The summed E-state index contributed by atoms with van der Waals surface area (Å²) in [5.41, 5.74) is 3.42. The van der Waals surface area contributed by atoms with Crippen LogP contribution in [0.2, 0.25) is 0 Å². The molecule has 1 saturated heterocycles. The van der Waals surface area contributed by atoms with Crippen LogP contribution in [0.25, 0.3) is 22.2 Å². The summed E-state index contributed by atoms with van der Waals surface area (Å²) >= 11 is 1.48. The third kappa shape index (κ3) is 3.14. The smallest absolute Gasteiger partial charge is 0.166 e. The average Bonchev–Trinajstić information content (AvgIpc) is 3.44. The van der Waals surface area contributed by atoms with Crippen LogP contribution in [0.15, 0.2) is 40.5 Å². The van der Waals surface area contributed by atoms with Crippen molar-refractivity contribution < 1.29 is 24.7 Å². The topological polar surface area (TPSA) is 152 Å². The van der Waals surface area contributed by atoms with Gasteiger partial charge in [-0.2, -0.15) is 0 Å². The van der Waals surface area contributed by atoms with Crippen LogP contribution in [-0.2, 0) is 10.5 Å². The number of fused-ring (bicyclic) bond motifs is 2. The molecule has 4 heterocycles. The molecule has 0 bridgehead atoms. The zero-order chi connectivity index (χ0) is 20.0. The second-order valence-corrected chi connectivity index (χ2v) is 7.57. The van der Waals surface area contributed by atoms with Crippen molar-refractivity contribution >= 4 is 34.0 Å². The van der Waals surface area contributed by atoms with Crippen molar-refractivity contribution in [2.45, 2.75) is 35.3 Å². The molecule has 0 aliphatic carbocycles. The lowest BCUT2D eigenvalue weighted by Gasteiger charge is -2.16. The Hall–Kier alpha value is -2.64. The molecule has 5 rings (SSSR count). The molecular weight excluding hydrogens is 400 g/mol. The molecule has 3 N–H and O–H groups in total. The number of hydrogen-bond acceptors (Lipinski definition) is 11. The van der Waals surface area contributed by atoms with Gasteiger partial charge >= 0.3 is 0 Å². The molecule has 3 aromatic heterocycles. The number of nitrogens with zero attached hydrogens (tertiary/aromatic N) is 6. The molecule has 4 atom stereocenters. The van der Waals surface area contributed by atoms with Crippen molar-refractivity contribution in [3.8, 4) is 0 Å². The average molecular weight is 416 g/mol. The van der Waals surface area contributed by atoms with Crippen molar-refractivity contribution in [2.24, 2.45) is 0 Å². The molecule has 1 aliphatic rings. The Balaban J connectivity index is 1.41. The molecule has 1 aromatic carbocycles. The van der Waals surface area contributed by atoms with Gasteiger partial charge in [-0.3, -0.25) is 4.57 Å². The van der Waals surface area contributed by atoms with Gasteiger partial charge < -0.3 is 20.1 Å². The lowest BCUT2D eigenvalue weighted by molar-refractivity contribution is -0.0511. The highest BCUT2D eigenvalue weighted by Gasteiger charge is 2.44. The summed E-state index contributed by atoms with van der Waals surface area (Å²) in [6, 6.07) is 5.68. The van der Waals surface area contributed by atoms with Gasteiger partial charge in [-0.1, -0.05) is 17.8 Å². The van der Waals surface area contributed by atoms with Gasteiger partial charge in [-0.25, -0.2) is 19.6 Å². The fourth-order valence-electron chi connectivity index (χ4n) is 3.30. The highest BCUT2D eigenvalue weighted by molar-refractivity contribution is 7.98. The summed E-state index contributed by atoms with van der Waals surface area (Å²) in [6.07, 6.45) is -1.28. The minimum atomic E-state index is -1.21. The van der Waals surface area contributed by atoms with E-state index < -0.39 is 31.1 Å². The molecule has 150 valence electrons. The quantitative estimate of drug-likeness (QED) is 0.303. The monoisotopic (exact) mass is 416 g/mol. The van der Waals surface area contributed by atoms with E-state index in [2.05, 4.69) is 25.3 Å². The summed E-state index contributed by atoms with van der Waals surface area (Å²) in [5, 5.41) is 37.9. The number of aliphatic hydroxyl groups excluding tert-OH is 3. The predicted molar refractivity (Wildman–Crippen MR) is 99.7 cm³/mol. The lowest BCUT2D eigenvalue weighted by atomic mass is 10.1. The molecule has 12 heteroatoms. The number of hydrogen-bond donors (Lipinski definition) is 3. The van der Waals surface area contributed by atoms with Crippen LogP contribution < -0.4 is 0 Å². The van der Waals surface area contributed by atoms with Crippen LogP contribution in [0.1, 0.15) is 11.8 Å². The van der Waals surface area contributed by atoms with Crippen molar-refractivity contribution in [2.75, 3.05) is 6.61 Å². The van der Waals surface area contributed by atoms with E-state index in [0.29, 0.717) is 33.0 Å². The summed E-state index contributed by atoms with van der Waals surface area (Å²) < 4.78 is 11.8. The van der Waals surface area contributed by atoms with E-state index in [1.807, 2.05) is 18.2 Å². The molecule has 1 fully saturated rings. The fraction of sp³-hybridized carbons (Fsp3) is 0.353. The highest BCUT2D eigenvalue weighted by atomic mass is 32.2. The lowest BCUT2D eigenvalue weighted by Crippen LogP contribution is -2.33. The molecular formula is C17H16N6O5S. The first kappa shape index (κ1) is 18.4. The summed E-state index contributed by atoms with van der Waals surface area (Å²) in [7, 11) is 0. The third-order valence-electron chi connectivity index (χ3n) is 4.81. The van der Waals surface area contributed by atoms with Gasteiger partial charge in [-0.05, 0) is 28.0 Å². The Bertz CT molecular complexity index is 1170. The van der Waals surface area contributed by atoms with Gasteiger partial charge in [0.2, 0.25) is 0 Å². The van der Waals surface area contributed by atoms with Crippen molar-refractivity contribution in [1.82, 2.24) is 29.8 Å². The molecule has 0 radical (unpaired) electrons. The molecule has 0 amide bonds. The zero-order valence-electron chi connectivity index (χ0n) is 14.9. The summed E-state index contributed by atoms with van der Waals surface area (Å²) in [4.78, 5) is 12.9. The first-order valence-electron chi connectivity index (χ1n) is 8.79. The van der Waals surface area contributed by atoms with E-state index >= 15 is 0 Å². The zero-order valence-corrected chi connectivity index (χ0v) is 15.7. The maximum atomic E-state index is 10.3. The maximum absolute atomic E-state index is 10.3. The Morgan fingerprint density at radius 1 is 1.07 bits per heavy atom. The number of aliphatic hydroxyl groups is 3. The van der Waals surface area contributed by atoms with E-state index in [1.165, 1.54) is 29.0 Å². The predicted octanol–water partition coefficient (Wildman–Crippen LogP) is 0.266. The molecule has 29 heavy (non-hydrogen) atoms. The Morgan fingerprint density at radius 2 is 1.93 bits per heavy atom. The Kier molecular flexibility index (Phi) is 4.64. The van der Waals surface area contributed by atoms with Gasteiger partial charge in [0.1, 0.15) is 46.2 Å². The SMILES string of the molecule is OC[C@H]1O[C@@H](n2cnc3c(SCc4ccc5nonc5c4)ncnc32)[C@H](O)[C@@H]1O. The molecule has 11 nitrogen and oxygen atoms in total. The van der Waals surface area contributed by atoms with E-state index in [1.54, 1.807) is 0 Å². The van der Waals surface area contributed by atoms with Crippen LogP contribution in [0, 0.1) is 0 Å². The van der Waals surface area contributed by atoms with Crippen LogP contribution >= 0.6 is 11.8 Å². The number of thioether (sulfide) groups is 1. The van der Waals surface area contributed by atoms with Crippen molar-refractivity contribution in [3.63, 3.8) is 0 Å². The largest absolute Gasteiger partial charge is 0.394 e. The van der Waals surface area contributed by atoms with Gasteiger partial charge in [0.15, 0.2) is 11.9 Å². The molecule has 0 spiro atoms. The van der Waals surface area contributed by atoms with E-state index in [9.17, 15) is 15.3 Å². The van der Waals surface area contributed by atoms with Crippen LogP contribution in [0.3, 0.4) is 0 Å². The van der Waals surface area contributed by atoms with E-state index in [0.717, 1.165) is 5.56 Å². The molecule has 1 aliphatic heterocycles. The number of imidazole rings is 1. The first-order valence-corrected chi connectivity index (χ1v) is 9.78. The maximum Gasteiger partial charge on any atom is 0.166 e. The number of benzene rings is 1. The summed E-state index contributed by atoms with van der Waals surface area (Å²) in [5.74, 6) is 0.621. The standard InChI is InChI=1S/C17H16N6O5S/c24-4-11-13(25)14(26)17(27-11)23-7-20-12-15(23)18-6-19-16(12)29-5-8-1-2-9-10(3-8)22-28-21-9/h1-3,6-7,11,13-14,17,24-26H,4-5H2/t11-,13-,14-,17-/m1/s1. The van der Waals surface area contributed by atoms with E-state index in [4.69, 9.17) is 9.37 Å². The van der Waals surface area contributed by atoms with Gasteiger partial charge in [0.25, 0.3) is 0 Å². The van der Waals surface area contributed by atoms with Crippen LogP contribution in [0.4, 0.5) is 0 Å². The van der Waals surface area contributed by atoms with Crippen LogP contribution in [0.5, 0.6) is 0 Å². The number of rotatable bonds is 5. The minimum Gasteiger partial charge on any atom is -0.394 e. The molecule has 0 saturated carbocycles. The molecule has 4 aromatic rings. The summed E-state index contributed by atoms with van der Waals surface area (Å²) in [6.45, 7) is -0.400. The molecule has 0 unspecified atom stereocenters. The highest BCUT2D eigenvalue weighted by Crippen LogP contribution is 2.33. The van der Waals surface area contributed by atoms with Gasteiger partial charge in [-0.15, -0.1) is 0 Å². The van der Waals surface area contributed by atoms with Crippen molar-refractivity contribution in [1.29, 1.82) is 0 Å². The minimum absolute atomic E-state index is 0.400. The van der Waals surface area contributed by atoms with Crippen molar-refractivity contribution in [3.05, 3.63) is 36.4 Å². The number of ether oxygens (including phenoxy) is 1.